The van der Waals surface area contributed by atoms with Crippen molar-refractivity contribution >= 4 is 78.7 Å². The SMILES string of the molecule is CC(Sc1cccc(NC(=O)/C(=C\c2cccc3ccccc23)NC(=O)c2ccccc2)c1)C(=O)Nc1nc2ccccc2s1. The van der Waals surface area contributed by atoms with Gasteiger partial charge in [-0.15, -0.1) is 11.8 Å². The van der Waals surface area contributed by atoms with Crippen molar-refractivity contribution in [2.45, 2.75) is 17.1 Å². The van der Waals surface area contributed by atoms with E-state index >= 15 is 0 Å². The highest BCUT2D eigenvalue weighted by molar-refractivity contribution is 8.00. The number of fused-ring (bicyclic) bond motifs is 2. The first-order valence-electron chi connectivity index (χ1n) is 14.2. The van der Waals surface area contributed by atoms with Crippen LogP contribution in [0, 0.1) is 0 Å². The molecule has 7 nitrogen and oxygen atoms in total. The fourth-order valence-corrected chi connectivity index (χ4v) is 6.51. The first-order valence-corrected chi connectivity index (χ1v) is 15.9. The number of aromatic nitrogens is 1. The normalized spacial score (nSPS) is 12.1. The van der Waals surface area contributed by atoms with Crippen molar-refractivity contribution in [1.29, 1.82) is 0 Å². The molecule has 0 fully saturated rings. The van der Waals surface area contributed by atoms with Crippen LogP contribution in [-0.2, 0) is 9.59 Å². The molecule has 0 spiro atoms. The maximum atomic E-state index is 13.7. The number of carbonyl (C=O) groups is 3. The number of rotatable bonds is 9. The lowest BCUT2D eigenvalue weighted by molar-refractivity contribution is -0.115. The van der Waals surface area contributed by atoms with Gasteiger partial charge >= 0.3 is 0 Å². The monoisotopic (exact) mass is 628 g/mol. The highest BCUT2D eigenvalue weighted by Gasteiger charge is 2.19. The maximum Gasteiger partial charge on any atom is 0.272 e. The zero-order chi connectivity index (χ0) is 31.2. The molecule has 0 bridgehead atoms. The van der Waals surface area contributed by atoms with E-state index in [4.69, 9.17) is 0 Å². The lowest BCUT2D eigenvalue weighted by atomic mass is 10.0. The summed E-state index contributed by atoms with van der Waals surface area (Å²) in [6.45, 7) is 1.82. The summed E-state index contributed by atoms with van der Waals surface area (Å²) >= 11 is 2.80. The van der Waals surface area contributed by atoms with Crippen LogP contribution in [0.1, 0.15) is 22.8 Å². The van der Waals surface area contributed by atoms with Crippen LogP contribution in [0.4, 0.5) is 10.8 Å². The highest BCUT2D eigenvalue weighted by atomic mass is 32.2. The number of nitrogens with one attached hydrogen (secondary N) is 3. The van der Waals surface area contributed by atoms with Crippen LogP contribution >= 0.6 is 23.1 Å². The van der Waals surface area contributed by atoms with Gasteiger partial charge in [0, 0.05) is 16.1 Å². The number of amides is 3. The maximum absolute atomic E-state index is 13.7. The van der Waals surface area contributed by atoms with E-state index in [9.17, 15) is 14.4 Å². The second-order valence-corrected chi connectivity index (χ2v) is 12.6. The average molecular weight is 629 g/mol. The molecule has 1 heterocycles. The Hall–Kier alpha value is -5.25. The first kappa shape index (κ1) is 29.8. The Labute approximate surface area is 268 Å². The van der Waals surface area contributed by atoms with Gasteiger partial charge in [-0.1, -0.05) is 90.2 Å². The standard InChI is InChI=1S/C36H28N4O3S2/c1-23(33(41)40-36-39-30-19-7-8-20-32(30)45-36)44-28-17-10-16-27(22-28)37-35(43)31(38-34(42)25-12-3-2-4-13-25)21-26-15-9-14-24-11-5-6-18-29(24)26/h2-23H,1H3,(H,37,43)(H,38,42)(H,39,40,41)/b31-21+. The average Bonchev–Trinajstić information content (AvgIpc) is 3.47. The van der Waals surface area contributed by atoms with Crippen LogP contribution in [0.5, 0.6) is 0 Å². The summed E-state index contributed by atoms with van der Waals surface area (Å²) in [4.78, 5) is 45.0. The molecule has 1 aromatic heterocycles. The van der Waals surface area contributed by atoms with E-state index in [1.54, 1.807) is 42.5 Å². The summed E-state index contributed by atoms with van der Waals surface area (Å²) in [7, 11) is 0. The van der Waals surface area contributed by atoms with Gasteiger partial charge in [0.2, 0.25) is 5.91 Å². The molecule has 0 saturated heterocycles. The van der Waals surface area contributed by atoms with E-state index in [1.165, 1.54) is 23.1 Å². The molecule has 6 aromatic rings. The summed E-state index contributed by atoms with van der Waals surface area (Å²) in [5.74, 6) is -1.04. The number of nitrogens with zero attached hydrogens (tertiary/aromatic N) is 1. The Morgan fingerprint density at radius 1 is 0.800 bits per heavy atom. The van der Waals surface area contributed by atoms with Crippen LogP contribution in [-0.4, -0.2) is 28.0 Å². The molecular formula is C36H28N4O3S2. The second-order valence-electron chi connectivity index (χ2n) is 10.2. The van der Waals surface area contributed by atoms with Crippen molar-refractivity contribution in [2.75, 3.05) is 10.6 Å². The fourth-order valence-electron chi connectivity index (χ4n) is 4.71. The number of anilines is 2. The van der Waals surface area contributed by atoms with E-state index in [0.29, 0.717) is 16.4 Å². The van der Waals surface area contributed by atoms with Crippen LogP contribution in [0.25, 0.3) is 27.1 Å². The van der Waals surface area contributed by atoms with Crippen molar-refractivity contribution in [3.8, 4) is 0 Å². The Balaban J connectivity index is 1.19. The molecule has 222 valence electrons. The van der Waals surface area contributed by atoms with Crippen LogP contribution in [0.3, 0.4) is 0 Å². The Kier molecular flexibility index (Phi) is 9.00. The van der Waals surface area contributed by atoms with E-state index in [1.807, 2.05) is 91.9 Å². The van der Waals surface area contributed by atoms with Gasteiger partial charge in [-0.25, -0.2) is 4.98 Å². The molecule has 5 aromatic carbocycles. The number of thiazole rings is 1. The number of hydrogen-bond donors (Lipinski definition) is 3. The zero-order valence-electron chi connectivity index (χ0n) is 24.2. The van der Waals surface area contributed by atoms with Gasteiger partial charge in [-0.05, 0) is 71.8 Å². The van der Waals surface area contributed by atoms with Gasteiger partial charge in [-0.3, -0.25) is 14.4 Å². The number of benzene rings is 5. The van der Waals surface area contributed by atoms with E-state index < -0.39 is 17.1 Å². The number of carbonyl (C=O) groups excluding carboxylic acids is 3. The van der Waals surface area contributed by atoms with Crippen LogP contribution in [0.2, 0.25) is 0 Å². The smallest absolute Gasteiger partial charge is 0.272 e. The number of hydrogen-bond acceptors (Lipinski definition) is 6. The van der Waals surface area contributed by atoms with Crippen LogP contribution in [0.15, 0.2) is 132 Å². The topological polar surface area (TPSA) is 100 Å². The Bertz CT molecular complexity index is 2020. The van der Waals surface area contributed by atoms with Gasteiger partial charge in [0.1, 0.15) is 5.70 Å². The van der Waals surface area contributed by atoms with Crippen molar-refractivity contribution in [3.63, 3.8) is 0 Å². The molecule has 0 aliphatic rings. The van der Waals surface area contributed by atoms with Crippen molar-refractivity contribution in [2.24, 2.45) is 0 Å². The van der Waals surface area contributed by atoms with E-state index in [0.717, 1.165) is 31.4 Å². The van der Waals surface area contributed by atoms with Gasteiger partial charge in [-0.2, -0.15) is 0 Å². The quantitative estimate of drug-likeness (QED) is 0.111. The van der Waals surface area contributed by atoms with Gasteiger partial charge in [0.15, 0.2) is 5.13 Å². The molecule has 0 aliphatic heterocycles. The molecule has 1 atom stereocenters. The van der Waals surface area contributed by atoms with Gasteiger partial charge in [0.05, 0.1) is 15.5 Å². The highest BCUT2D eigenvalue weighted by Crippen LogP contribution is 2.29. The van der Waals surface area contributed by atoms with Gasteiger partial charge < -0.3 is 16.0 Å². The Morgan fingerprint density at radius 3 is 2.38 bits per heavy atom. The lowest BCUT2D eigenvalue weighted by Gasteiger charge is -2.14. The molecular weight excluding hydrogens is 601 g/mol. The largest absolute Gasteiger partial charge is 0.321 e. The summed E-state index contributed by atoms with van der Waals surface area (Å²) < 4.78 is 1.00. The minimum Gasteiger partial charge on any atom is -0.321 e. The minimum absolute atomic E-state index is 0.0989. The molecule has 0 aliphatic carbocycles. The van der Waals surface area contributed by atoms with Gasteiger partial charge in [0.25, 0.3) is 11.8 Å². The van der Waals surface area contributed by atoms with Crippen molar-refractivity contribution in [3.05, 3.63) is 138 Å². The molecule has 0 radical (unpaired) electrons. The third kappa shape index (κ3) is 7.29. The third-order valence-corrected chi connectivity index (χ3v) is 9.00. The molecule has 45 heavy (non-hydrogen) atoms. The fraction of sp³-hybridized carbons (Fsp3) is 0.0556. The summed E-state index contributed by atoms with van der Waals surface area (Å²) in [6, 6.07) is 37.4. The molecule has 0 saturated carbocycles. The number of para-hydroxylation sites is 1. The molecule has 3 N–H and O–H groups in total. The first-order chi connectivity index (χ1) is 21.9. The van der Waals surface area contributed by atoms with E-state index in [-0.39, 0.29) is 11.6 Å². The number of thioether (sulfide) groups is 1. The van der Waals surface area contributed by atoms with E-state index in [2.05, 4.69) is 20.9 Å². The van der Waals surface area contributed by atoms with Crippen molar-refractivity contribution < 1.29 is 14.4 Å². The minimum atomic E-state index is -0.476. The predicted molar refractivity (Wildman–Crippen MR) is 184 cm³/mol. The third-order valence-electron chi connectivity index (χ3n) is 6.95. The van der Waals surface area contributed by atoms with Crippen molar-refractivity contribution in [1.82, 2.24) is 10.3 Å². The lowest BCUT2D eigenvalue weighted by Crippen LogP contribution is -2.30. The Morgan fingerprint density at radius 2 is 1.53 bits per heavy atom. The summed E-state index contributed by atoms with van der Waals surface area (Å²) in [6.07, 6.45) is 1.69. The predicted octanol–water partition coefficient (Wildman–Crippen LogP) is 7.98. The summed E-state index contributed by atoms with van der Waals surface area (Å²) in [5, 5.41) is 10.7. The molecule has 6 rings (SSSR count). The zero-order valence-corrected chi connectivity index (χ0v) is 25.8. The molecule has 9 heteroatoms. The summed E-state index contributed by atoms with van der Waals surface area (Å²) in [5.41, 5.74) is 2.70. The molecule has 3 amide bonds. The van der Waals surface area contributed by atoms with Crippen LogP contribution < -0.4 is 16.0 Å². The molecule has 1 unspecified atom stereocenters. The second kappa shape index (κ2) is 13.6.